The number of hydrogen-bond donors (Lipinski definition) is 1. The van der Waals surface area contributed by atoms with Gasteiger partial charge >= 0.3 is 0 Å². The van der Waals surface area contributed by atoms with E-state index in [0.29, 0.717) is 36.2 Å². The van der Waals surface area contributed by atoms with E-state index in [-0.39, 0.29) is 5.91 Å². The average molecular weight is 345 g/mol. The van der Waals surface area contributed by atoms with E-state index < -0.39 is 0 Å². The van der Waals surface area contributed by atoms with Gasteiger partial charge in [-0.3, -0.25) is 9.78 Å². The van der Waals surface area contributed by atoms with Crippen LogP contribution in [-0.4, -0.2) is 46.1 Å². The summed E-state index contributed by atoms with van der Waals surface area (Å²) in [6.45, 7) is 1.53. The van der Waals surface area contributed by atoms with Crippen molar-refractivity contribution in [3.8, 4) is 5.88 Å². The zero-order valence-electron chi connectivity index (χ0n) is 14.4. The smallest absolute Gasteiger partial charge is 0.254 e. The molecule has 1 amide bonds. The summed E-state index contributed by atoms with van der Waals surface area (Å²) in [4.78, 5) is 22.8. The van der Waals surface area contributed by atoms with E-state index in [1.165, 1.54) is 7.11 Å². The summed E-state index contributed by atoms with van der Waals surface area (Å²) >= 11 is 0. The molecule has 3 heterocycles. The molecule has 8 nitrogen and oxygen atoms in total. The van der Waals surface area contributed by atoms with Crippen LogP contribution in [0.2, 0.25) is 0 Å². The predicted octanol–water partition coefficient (Wildman–Crippen LogP) is 1.47. The number of carbonyl (C=O) groups is 1. The van der Waals surface area contributed by atoms with Gasteiger partial charge in [0.15, 0.2) is 0 Å². The number of nitrogens with two attached hydrogens (primary N) is 1. The summed E-state index contributed by atoms with van der Waals surface area (Å²) in [6.07, 6.45) is 6.98. The van der Waals surface area contributed by atoms with Crippen LogP contribution in [0.15, 0.2) is 23.0 Å². The molecule has 0 radical (unpaired) electrons. The van der Waals surface area contributed by atoms with E-state index in [9.17, 15) is 4.79 Å². The molecule has 2 aromatic heterocycles. The first-order valence-corrected chi connectivity index (χ1v) is 8.48. The molecular formula is C17H23N5O3. The fourth-order valence-corrected chi connectivity index (χ4v) is 3.16. The van der Waals surface area contributed by atoms with Gasteiger partial charge in [0.05, 0.1) is 12.8 Å². The number of hydrogen-bond acceptors (Lipinski definition) is 7. The maximum atomic E-state index is 12.5. The zero-order chi connectivity index (χ0) is 17.6. The van der Waals surface area contributed by atoms with E-state index in [1.807, 2.05) is 4.90 Å². The van der Waals surface area contributed by atoms with Crippen LogP contribution in [0.25, 0.3) is 0 Å². The average Bonchev–Trinajstić information content (AvgIpc) is 3.10. The van der Waals surface area contributed by atoms with Crippen LogP contribution in [-0.2, 0) is 17.6 Å². The molecule has 1 fully saturated rings. The molecule has 0 aromatic carbocycles. The van der Waals surface area contributed by atoms with Crippen molar-refractivity contribution in [1.29, 1.82) is 0 Å². The lowest BCUT2D eigenvalue weighted by Crippen LogP contribution is -2.40. The van der Waals surface area contributed by atoms with Crippen molar-refractivity contribution in [1.82, 2.24) is 20.0 Å². The minimum atomic E-state index is 0.132. The molecule has 25 heavy (non-hydrogen) atoms. The number of methoxy groups -OCH3 is 1. The molecule has 134 valence electrons. The largest absolute Gasteiger partial charge is 0.479 e. The Bertz CT molecular complexity index is 718. The maximum absolute atomic E-state index is 12.5. The molecule has 0 spiro atoms. The second-order valence-electron chi connectivity index (χ2n) is 6.28. The second kappa shape index (κ2) is 7.96. The van der Waals surface area contributed by atoms with Gasteiger partial charge in [-0.15, -0.1) is 0 Å². The van der Waals surface area contributed by atoms with Crippen LogP contribution in [0, 0.1) is 5.92 Å². The fraction of sp³-hybridized carbons (Fsp3) is 0.529. The Morgan fingerprint density at radius 3 is 3.04 bits per heavy atom. The van der Waals surface area contributed by atoms with Crippen LogP contribution in [0.1, 0.15) is 30.7 Å². The Hall–Kier alpha value is -2.64. The van der Waals surface area contributed by atoms with E-state index in [2.05, 4.69) is 15.1 Å². The Labute approximate surface area is 146 Å². The van der Waals surface area contributed by atoms with Gasteiger partial charge in [0, 0.05) is 44.4 Å². The van der Waals surface area contributed by atoms with Crippen molar-refractivity contribution in [2.45, 2.75) is 32.1 Å². The standard InChI is InChI=1S/C17H23N5O3/c1-24-15-10-13(25-21-15)4-5-16(23)22-8-2-3-12(11-22)9-14-17(18)20-7-6-19-14/h6-7,10,12H,2-5,8-9,11H2,1H3,(H2,18,20)/t12-/m0/s1. The van der Waals surface area contributed by atoms with Crippen molar-refractivity contribution >= 4 is 11.7 Å². The molecule has 0 unspecified atom stereocenters. The van der Waals surface area contributed by atoms with Crippen LogP contribution in [0.4, 0.5) is 5.82 Å². The molecule has 2 aromatic rings. The summed E-state index contributed by atoms with van der Waals surface area (Å²) < 4.78 is 10.1. The van der Waals surface area contributed by atoms with E-state index in [0.717, 1.165) is 38.0 Å². The number of likely N-dealkylation sites (tertiary alicyclic amines) is 1. The van der Waals surface area contributed by atoms with Gasteiger partial charge in [0.2, 0.25) is 5.91 Å². The summed E-state index contributed by atoms with van der Waals surface area (Å²) in [6, 6.07) is 1.71. The number of nitrogen functional groups attached to an aromatic ring is 1. The molecule has 1 atom stereocenters. The summed E-state index contributed by atoms with van der Waals surface area (Å²) in [5.41, 5.74) is 6.69. The van der Waals surface area contributed by atoms with Crippen molar-refractivity contribution in [2.75, 3.05) is 25.9 Å². The highest BCUT2D eigenvalue weighted by Gasteiger charge is 2.25. The number of anilines is 1. The molecule has 1 aliphatic heterocycles. The SMILES string of the molecule is COc1cc(CCC(=O)N2CCC[C@@H](Cc3nccnc3N)C2)on1. The predicted molar refractivity (Wildman–Crippen MR) is 90.8 cm³/mol. The van der Waals surface area contributed by atoms with E-state index >= 15 is 0 Å². The first-order chi connectivity index (χ1) is 12.2. The molecule has 1 saturated heterocycles. The number of rotatable bonds is 6. The number of aryl methyl sites for hydroxylation is 1. The van der Waals surface area contributed by atoms with Gasteiger partial charge in [0.25, 0.3) is 5.88 Å². The van der Waals surface area contributed by atoms with Crippen LogP contribution in [0.5, 0.6) is 5.88 Å². The van der Waals surface area contributed by atoms with Gasteiger partial charge in [-0.1, -0.05) is 0 Å². The first kappa shape index (κ1) is 17.2. The molecule has 0 bridgehead atoms. The van der Waals surface area contributed by atoms with Crippen molar-refractivity contribution < 1.29 is 14.1 Å². The van der Waals surface area contributed by atoms with Gasteiger partial charge in [-0.2, -0.15) is 0 Å². The van der Waals surface area contributed by atoms with Gasteiger partial charge in [-0.25, -0.2) is 4.98 Å². The highest BCUT2D eigenvalue weighted by Crippen LogP contribution is 2.22. The van der Waals surface area contributed by atoms with Gasteiger partial charge in [0.1, 0.15) is 11.6 Å². The van der Waals surface area contributed by atoms with E-state index in [4.69, 9.17) is 15.0 Å². The van der Waals surface area contributed by atoms with Crippen LogP contribution in [0.3, 0.4) is 0 Å². The number of aromatic nitrogens is 3. The number of ether oxygens (including phenoxy) is 1. The zero-order valence-corrected chi connectivity index (χ0v) is 14.4. The van der Waals surface area contributed by atoms with Crippen molar-refractivity contribution in [3.63, 3.8) is 0 Å². The first-order valence-electron chi connectivity index (χ1n) is 8.48. The maximum Gasteiger partial charge on any atom is 0.254 e. The monoisotopic (exact) mass is 345 g/mol. The number of nitrogens with zero attached hydrogens (tertiary/aromatic N) is 4. The van der Waals surface area contributed by atoms with Gasteiger partial charge < -0.3 is 19.9 Å². The molecule has 2 N–H and O–H groups in total. The van der Waals surface area contributed by atoms with Gasteiger partial charge in [-0.05, 0) is 30.3 Å². The molecule has 8 heteroatoms. The summed E-state index contributed by atoms with van der Waals surface area (Å²) in [7, 11) is 1.53. The summed E-state index contributed by atoms with van der Waals surface area (Å²) in [5.74, 6) is 2.06. The lowest BCUT2D eigenvalue weighted by Gasteiger charge is -2.32. The third kappa shape index (κ3) is 4.46. The molecule has 1 aliphatic rings. The van der Waals surface area contributed by atoms with Crippen molar-refractivity contribution in [2.24, 2.45) is 5.92 Å². The van der Waals surface area contributed by atoms with Crippen molar-refractivity contribution in [3.05, 3.63) is 29.9 Å². The highest BCUT2D eigenvalue weighted by molar-refractivity contribution is 5.76. The Morgan fingerprint density at radius 2 is 2.28 bits per heavy atom. The number of amides is 1. The third-order valence-electron chi connectivity index (χ3n) is 4.49. The topological polar surface area (TPSA) is 107 Å². The summed E-state index contributed by atoms with van der Waals surface area (Å²) in [5, 5.41) is 3.75. The Kier molecular flexibility index (Phi) is 5.47. The molecule has 0 aliphatic carbocycles. The van der Waals surface area contributed by atoms with E-state index in [1.54, 1.807) is 18.5 Å². The third-order valence-corrected chi connectivity index (χ3v) is 4.49. The Balaban J connectivity index is 1.51. The minimum Gasteiger partial charge on any atom is -0.479 e. The Morgan fingerprint density at radius 1 is 1.44 bits per heavy atom. The van der Waals surface area contributed by atoms with Crippen LogP contribution >= 0.6 is 0 Å². The fourth-order valence-electron chi connectivity index (χ4n) is 3.16. The normalized spacial score (nSPS) is 17.5. The number of piperidine rings is 1. The highest BCUT2D eigenvalue weighted by atomic mass is 16.5. The van der Waals surface area contributed by atoms with Crippen LogP contribution < -0.4 is 10.5 Å². The quantitative estimate of drug-likeness (QED) is 0.844. The molecule has 3 rings (SSSR count). The second-order valence-corrected chi connectivity index (χ2v) is 6.28. The molecule has 0 saturated carbocycles. The number of carbonyl (C=O) groups excluding carboxylic acids is 1. The molecular weight excluding hydrogens is 322 g/mol. The lowest BCUT2D eigenvalue weighted by atomic mass is 9.93. The lowest BCUT2D eigenvalue weighted by molar-refractivity contribution is -0.133. The minimum absolute atomic E-state index is 0.132.